The zero-order valence-corrected chi connectivity index (χ0v) is 21.1. The van der Waals surface area contributed by atoms with Crippen LogP contribution in [0.2, 0.25) is 0 Å². The van der Waals surface area contributed by atoms with Gasteiger partial charge in [-0.2, -0.15) is 5.10 Å². The molecule has 1 aliphatic rings. The molecule has 13 heteroatoms. The van der Waals surface area contributed by atoms with E-state index >= 15 is 0 Å². The summed E-state index contributed by atoms with van der Waals surface area (Å²) in [6.45, 7) is 8.32. The normalized spacial score (nSPS) is 16.7. The molecule has 2 aromatic rings. The molecule has 0 spiro atoms. The van der Waals surface area contributed by atoms with Gasteiger partial charge in [-0.15, -0.1) is 0 Å². The molecule has 3 rings (SSSR count). The average Bonchev–Trinajstić information content (AvgIpc) is 3.45. The first kappa shape index (κ1) is 26.6. The summed E-state index contributed by atoms with van der Waals surface area (Å²) in [5.41, 5.74) is 0.161. The number of non-ortho nitro benzene ring substituents is 1. The van der Waals surface area contributed by atoms with Gasteiger partial charge in [0.05, 0.1) is 11.0 Å². The Hall–Kier alpha value is -3.03. The average molecular weight is 510 g/mol. The van der Waals surface area contributed by atoms with Crippen LogP contribution in [0, 0.1) is 17.0 Å². The highest BCUT2D eigenvalue weighted by molar-refractivity contribution is 7.89. The number of hydrogen-bond acceptors (Lipinski definition) is 8. The van der Waals surface area contributed by atoms with E-state index in [0.29, 0.717) is 31.7 Å². The van der Waals surface area contributed by atoms with E-state index in [0.717, 1.165) is 25.0 Å². The van der Waals surface area contributed by atoms with Crippen LogP contribution in [0.25, 0.3) is 0 Å². The van der Waals surface area contributed by atoms with E-state index in [-0.39, 0.29) is 28.3 Å². The summed E-state index contributed by atoms with van der Waals surface area (Å²) in [6, 6.07) is 2.95. The minimum atomic E-state index is -4.14. The van der Waals surface area contributed by atoms with Crippen LogP contribution in [-0.4, -0.2) is 54.3 Å². The second kappa shape index (κ2) is 11.1. The third-order valence-electron chi connectivity index (χ3n) is 5.76. The smallest absolute Gasteiger partial charge is 0.272 e. The molecule has 1 aliphatic heterocycles. The molecule has 0 unspecified atom stereocenters. The number of benzene rings is 1. The fraction of sp³-hybridized carbons (Fsp3) is 0.545. The fourth-order valence-corrected chi connectivity index (χ4v) is 5.09. The Morgan fingerprint density at radius 1 is 1.40 bits per heavy atom. The first-order chi connectivity index (χ1) is 16.6. The van der Waals surface area contributed by atoms with Crippen molar-refractivity contribution in [2.24, 2.45) is 0 Å². The van der Waals surface area contributed by atoms with Gasteiger partial charge in [0.25, 0.3) is 11.6 Å². The minimum absolute atomic E-state index is 0.0332. The summed E-state index contributed by atoms with van der Waals surface area (Å²) in [7, 11) is -4.14. The number of ether oxygens (including phenoxy) is 2. The van der Waals surface area contributed by atoms with Gasteiger partial charge in [0.15, 0.2) is 5.69 Å². The second-order valence-electron chi connectivity index (χ2n) is 8.36. The van der Waals surface area contributed by atoms with Crippen LogP contribution in [0.15, 0.2) is 23.1 Å². The Morgan fingerprint density at radius 2 is 2.14 bits per heavy atom. The van der Waals surface area contributed by atoms with E-state index in [9.17, 15) is 23.3 Å². The Morgan fingerprint density at radius 3 is 2.74 bits per heavy atom. The maximum atomic E-state index is 13.0. The van der Waals surface area contributed by atoms with Crippen LogP contribution in [-0.2, 0) is 21.3 Å². The van der Waals surface area contributed by atoms with Crippen LogP contribution in [0.3, 0.4) is 0 Å². The van der Waals surface area contributed by atoms with Crippen LogP contribution in [0.1, 0.15) is 56.1 Å². The zero-order valence-electron chi connectivity index (χ0n) is 20.2. The number of hydrogen-bond donors (Lipinski definition) is 2. The molecule has 12 nitrogen and oxygen atoms in total. The van der Waals surface area contributed by atoms with Crippen molar-refractivity contribution in [2.45, 2.75) is 70.5 Å². The number of carbonyl (C=O) groups is 1. The number of rotatable bonds is 11. The first-order valence-corrected chi connectivity index (χ1v) is 13.0. The van der Waals surface area contributed by atoms with Crippen molar-refractivity contribution >= 4 is 21.6 Å². The quantitative estimate of drug-likeness (QED) is 0.346. The number of nitro groups is 1. The SMILES string of the molecule is CC[C@@H](C)NS(=O)(=O)c1cc([N+](=O)[O-])ccc1Oc1c(C)c(C(=O)NC[C@@H]2CCCO2)nn1CC. The second-order valence-corrected chi connectivity index (χ2v) is 10.0. The Labute approximate surface area is 204 Å². The van der Waals surface area contributed by atoms with Crippen LogP contribution in [0.4, 0.5) is 5.69 Å². The number of aryl methyl sites for hydroxylation is 1. The highest BCUT2D eigenvalue weighted by Crippen LogP contribution is 2.34. The van der Waals surface area contributed by atoms with Gasteiger partial charge < -0.3 is 14.8 Å². The third-order valence-corrected chi connectivity index (χ3v) is 7.37. The molecule has 1 amide bonds. The van der Waals surface area contributed by atoms with Crippen LogP contribution in [0.5, 0.6) is 11.6 Å². The van der Waals surface area contributed by atoms with E-state index in [1.807, 2.05) is 6.92 Å². The molecule has 1 aromatic heterocycles. The van der Waals surface area contributed by atoms with Crippen molar-refractivity contribution in [3.63, 3.8) is 0 Å². The maximum absolute atomic E-state index is 13.0. The maximum Gasteiger partial charge on any atom is 0.272 e. The van der Waals surface area contributed by atoms with Crippen molar-refractivity contribution in [1.82, 2.24) is 19.8 Å². The summed E-state index contributed by atoms with van der Waals surface area (Å²) >= 11 is 0. The van der Waals surface area contributed by atoms with Gasteiger partial charge in [-0.25, -0.2) is 17.8 Å². The number of sulfonamides is 1. The molecule has 0 radical (unpaired) electrons. The lowest BCUT2D eigenvalue weighted by Crippen LogP contribution is -2.32. The van der Waals surface area contributed by atoms with Gasteiger partial charge in [-0.05, 0) is 46.1 Å². The van der Waals surface area contributed by atoms with E-state index in [4.69, 9.17) is 9.47 Å². The Balaban J connectivity index is 1.95. The van der Waals surface area contributed by atoms with E-state index < -0.39 is 32.6 Å². The van der Waals surface area contributed by atoms with E-state index in [2.05, 4.69) is 15.1 Å². The van der Waals surface area contributed by atoms with E-state index in [1.54, 1.807) is 20.8 Å². The first-order valence-electron chi connectivity index (χ1n) is 11.5. The standard InChI is InChI=1S/C22H31N5O7S/c1-5-14(3)25-35(31,32)19-12-16(27(29)30)9-10-18(19)34-22-15(4)20(24-26(22)6-2)21(28)23-13-17-8-7-11-33-17/h9-10,12,14,17,25H,5-8,11,13H2,1-4H3,(H,23,28)/t14-,17+/m1/s1. The van der Waals surface area contributed by atoms with Gasteiger partial charge in [0, 0.05) is 43.4 Å². The van der Waals surface area contributed by atoms with Gasteiger partial charge >= 0.3 is 0 Å². The summed E-state index contributed by atoms with van der Waals surface area (Å²) in [5, 5.41) is 18.5. The number of nitrogens with zero attached hydrogens (tertiary/aromatic N) is 3. The molecule has 2 heterocycles. The van der Waals surface area contributed by atoms with Gasteiger partial charge in [-0.1, -0.05) is 6.92 Å². The molecular formula is C22H31N5O7S. The number of aromatic nitrogens is 2. The molecule has 2 atom stereocenters. The molecule has 1 aromatic carbocycles. The van der Waals surface area contributed by atoms with Crippen molar-refractivity contribution in [3.05, 3.63) is 39.6 Å². The number of carbonyl (C=O) groups excluding carboxylic acids is 1. The van der Waals surface area contributed by atoms with Gasteiger partial charge in [0.1, 0.15) is 10.6 Å². The number of nitrogens with one attached hydrogen (secondary N) is 2. The molecule has 0 saturated carbocycles. The van der Waals surface area contributed by atoms with Crippen molar-refractivity contribution in [1.29, 1.82) is 0 Å². The number of nitro benzene ring substituents is 1. The zero-order chi connectivity index (χ0) is 25.8. The Kier molecular flexibility index (Phi) is 8.46. The van der Waals surface area contributed by atoms with Crippen molar-refractivity contribution < 1.29 is 27.6 Å². The molecule has 1 fully saturated rings. The lowest BCUT2D eigenvalue weighted by Gasteiger charge is -2.16. The molecular weight excluding hydrogens is 478 g/mol. The summed E-state index contributed by atoms with van der Waals surface area (Å²) in [5.74, 6) is -0.343. The summed E-state index contributed by atoms with van der Waals surface area (Å²) in [4.78, 5) is 23.0. The van der Waals surface area contributed by atoms with Crippen LogP contribution < -0.4 is 14.8 Å². The molecule has 0 bridgehead atoms. The van der Waals surface area contributed by atoms with Gasteiger partial charge in [0.2, 0.25) is 15.9 Å². The molecule has 192 valence electrons. The lowest BCUT2D eigenvalue weighted by atomic mass is 10.2. The molecule has 2 N–H and O–H groups in total. The fourth-order valence-electron chi connectivity index (χ4n) is 3.61. The molecule has 0 aliphatic carbocycles. The summed E-state index contributed by atoms with van der Waals surface area (Å²) in [6.07, 6.45) is 2.32. The highest BCUT2D eigenvalue weighted by atomic mass is 32.2. The largest absolute Gasteiger partial charge is 0.438 e. The third kappa shape index (κ3) is 6.16. The van der Waals surface area contributed by atoms with Crippen molar-refractivity contribution in [3.8, 4) is 11.6 Å². The Bertz CT molecular complexity index is 1190. The monoisotopic (exact) mass is 509 g/mol. The predicted molar refractivity (Wildman–Crippen MR) is 127 cm³/mol. The summed E-state index contributed by atoms with van der Waals surface area (Å²) < 4.78 is 41.5. The molecule has 1 saturated heterocycles. The molecule has 35 heavy (non-hydrogen) atoms. The van der Waals surface area contributed by atoms with Gasteiger partial charge in [-0.3, -0.25) is 14.9 Å². The number of amides is 1. The minimum Gasteiger partial charge on any atom is -0.438 e. The topological polar surface area (TPSA) is 155 Å². The van der Waals surface area contributed by atoms with Crippen molar-refractivity contribution in [2.75, 3.05) is 13.2 Å². The highest BCUT2D eigenvalue weighted by Gasteiger charge is 2.28. The van der Waals surface area contributed by atoms with E-state index in [1.165, 1.54) is 10.7 Å². The lowest BCUT2D eigenvalue weighted by molar-refractivity contribution is -0.385. The van der Waals surface area contributed by atoms with Crippen LogP contribution >= 0.6 is 0 Å². The predicted octanol–water partition coefficient (Wildman–Crippen LogP) is 2.90.